The average Bonchev–Trinajstić information content (AvgIpc) is 2.35. The number of hydrogen-bond donors (Lipinski definition) is 2. The van der Waals surface area contributed by atoms with Crippen LogP contribution in [0.25, 0.3) is 0 Å². The summed E-state index contributed by atoms with van der Waals surface area (Å²) >= 11 is 0. The molecule has 0 radical (unpaired) electrons. The van der Waals surface area contributed by atoms with Gasteiger partial charge in [0.2, 0.25) is 0 Å². The zero-order valence-electron chi connectivity index (χ0n) is 9.79. The monoisotopic (exact) mass is 252 g/mol. The number of halogens is 2. The van der Waals surface area contributed by atoms with Crippen molar-refractivity contribution in [2.24, 2.45) is 0 Å². The predicted octanol–water partition coefficient (Wildman–Crippen LogP) is 2.55. The van der Waals surface area contributed by atoms with Crippen LogP contribution >= 0.6 is 0 Å². The van der Waals surface area contributed by atoms with E-state index in [1.807, 2.05) is 0 Å². The van der Waals surface area contributed by atoms with Gasteiger partial charge >= 0.3 is 0 Å². The molecule has 0 heterocycles. The van der Waals surface area contributed by atoms with Crippen molar-refractivity contribution in [2.45, 2.75) is 37.8 Å². The molecule has 2 rings (SSSR count). The van der Waals surface area contributed by atoms with Crippen LogP contribution in [0.3, 0.4) is 0 Å². The van der Waals surface area contributed by atoms with Crippen LogP contribution in [0.4, 0.5) is 14.5 Å². The molecule has 0 bridgehead atoms. The van der Waals surface area contributed by atoms with Gasteiger partial charge in [0.15, 0.2) is 11.6 Å². The van der Waals surface area contributed by atoms with E-state index >= 15 is 0 Å². The Morgan fingerprint density at radius 2 is 1.83 bits per heavy atom. The van der Waals surface area contributed by atoms with E-state index in [4.69, 9.17) is 5.26 Å². The quantitative estimate of drug-likeness (QED) is 0.850. The first kappa shape index (κ1) is 12.8. The zero-order chi connectivity index (χ0) is 13.1. The molecule has 0 saturated heterocycles. The van der Waals surface area contributed by atoms with E-state index in [2.05, 4.69) is 5.32 Å². The van der Waals surface area contributed by atoms with E-state index < -0.39 is 17.7 Å². The van der Waals surface area contributed by atoms with Crippen LogP contribution < -0.4 is 5.32 Å². The SMILES string of the molecule is N#Cc1cc(F)c(NC2CCCCC2O)c(F)c1. The lowest BCUT2D eigenvalue weighted by atomic mass is 9.92. The molecule has 0 amide bonds. The second-order valence-corrected chi connectivity index (χ2v) is 4.53. The fraction of sp³-hybridized carbons (Fsp3) is 0.462. The Bertz CT molecular complexity index is 461. The molecule has 2 atom stereocenters. The third-order valence-corrected chi connectivity index (χ3v) is 3.23. The molecular weight excluding hydrogens is 238 g/mol. The van der Waals surface area contributed by atoms with Gasteiger partial charge in [0.05, 0.1) is 23.8 Å². The van der Waals surface area contributed by atoms with Crippen molar-refractivity contribution in [1.82, 2.24) is 0 Å². The van der Waals surface area contributed by atoms with Gasteiger partial charge in [0.25, 0.3) is 0 Å². The topological polar surface area (TPSA) is 56.0 Å². The number of nitrogens with one attached hydrogen (secondary N) is 1. The van der Waals surface area contributed by atoms with Crippen molar-refractivity contribution in [3.8, 4) is 6.07 Å². The van der Waals surface area contributed by atoms with Crippen LogP contribution in [0.5, 0.6) is 0 Å². The highest BCUT2D eigenvalue weighted by Crippen LogP contribution is 2.26. The number of aliphatic hydroxyl groups is 1. The summed E-state index contributed by atoms with van der Waals surface area (Å²) in [7, 11) is 0. The predicted molar refractivity (Wildman–Crippen MR) is 63.0 cm³/mol. The first-order chi connectivity index (χ1) is 8.61. The van der Waals surface area contributed by atoms with Gasteiger partial charge in [0.1, 0.15) is 5.69 Å². The first-order valence-corrected chi connectivity index (χ1v) is 5.95. The normalized spacial score (nSPS) is 23.4. The molecular formula is C13H14F2N2O. The lowest BCUT2D eigenvalue weighted by Gasteiger charge is -2.29. The third-order valence-electron chi connectivity index (χ3n) is 3.23. The molecule has 0 aromatic heterocycles. The first-order valence-electron chi connectivity index (χ1n) is 5.95. The fourth-order valence-corrected chi connectivity index (χ4v) is 2.24. The van der Waals surface area contributed by atoms with Crippen LogP contribution in [-0.4, -0.2) is 17.3 Å². The van der Waals surface area contributed by atoms with Crippen LogP contribution in [0.1, 0.15) is 31.2 Å². The molecule has 0 aliphatic heterocycles. The Kier molecular flexibility index (Phi) is 3.78. The van der Waals surface area contributed by atoms with E-state index in [1.54, 1.807) is 6.07 Å². The number of anilines is 1. The third kappa shape index (κ3) is 2.59. The molecule has 1 aromatic carbocycles. The van der Waals surface area contributed by atoms with Crippen molar-refractivity contribution in [3.63, 3.8) is 0 Å². The minimum atomic E-state index is -0.802. The van der Waals surface area contributed by atoms with Gasteiger partial charge in [-0.2, -0.15) is 5.26 Å². The van der Waals surface area contributed by atoms with Crippen molar-refractivity contribution >= 4 is 5.69 Å². The van der Waals surface area contributed by atoms with Gasteiger partial charge in [-0.3, -0.25) is 0 Å². The lowest BCUT2D eigenvalue weighted by Crippen LogP contribution is -2.36. The van der Waals surface area contributed by atoms with Gasteiger partial charge in [-0.25, -0.2) is 8.78 Å². The van der Waals surface area contributed by atoms with Crippen molar-refractivity contribution < 1.29 is 13.9 Å². The standard InChI is InChI=1S/C13H14F2N2O/c14-9-5-8(7-16)6-10(15)13(9)17-11-3-1-2-4-12(11)18/h5-6,11-12,17-18H,1-4H2. The summed E-state index contributed by atoms with van der Waals surface area (Å²) in [5, 5.41) is 21.1. The Morgan fingerprint density at radius 1 is 1.22 bits per heavy atom. The molecule has 2 unspecified atom stereocenters. The number of benzene rings is 1. The Labute approximate surface area is 104 Å². The van der Waals surface area contributed by atoms with E-state index in [9.17, 15) is 13.9 Å². The maximum Gasteiger partial charge on any atom is 0.150 e. The number of nitriles is 1. The fourth-order valence-electron chi connectivity index (χ4n) is 2.24. The van der Waals surface area contributed by atoms with Gasteiger partial charge in [-0.1, -0.05) is 12.8 Å². The molecule has 1 aromatic rings. The van der Waals surface area contributed by atoms with Crippen molar-refractivity contribution in [2.75, 3.05) is 5.32 Å². The van der Waals surface area contributed by atoms with Gasteiger partial charge in [-0.05, 0) is 25.0 Å². The maximum atomic E-state index is 13.6. The summed E-state index contributed by atoms with van der Waals surface area (Å²) < 4.78 is 27.3. The van der Waals surface area contributed by atoms with E-state index in [-0.39, 0.29) is 17.3 Å². The molecule has 1 fully saturated rings. The molecule has 5 heteroatoms. The van der Waals surface area contributed by atoms with E-state index in [1.165, 1.54) is 0 Å². The highest BCUT2D eigenvalue weighted by atomic mass is 19.1. The van der Waals surface area contributed by atoms with Crippen molar-refractivity contribution in [1.29, 1.82) is 5.26 Å². The summed E-state index contributed by atoms with van der Waals surface area (Å²) in [4.78, 5) is 0. The van der Waals surface area contributed by atoms with Crippen molar-refractivity contribution in [3.05, 3.63) is 29.3 Å². The maximum absolute atomic E-state index is 13.6. The summed E-state index contributed by atoms with van der Waals surface area (Å²) in [6.07, 6.45) is 2.58. The molecule has 3 nitrogen and oxygen atoms in total. The van der Waals surface area contributed by atoms with E-state index in [0.717, 1.165) is 25.0 Å². The molecule has 2 N–H and O–H groups in total. The molecule has 18 heavy (non-hydrogen) atoms. The second kappa shape index (κ2) is 5.32. The van der Waals surface area contributed by atoms with Gasteiger partial charge in [0, 0.05) is 0 Å². The summed E-state index contributed by atoms with van der Waals surface area (Å²) in [6.45, 7) is 0. The zero-order valence-corrected chi connectivity index (χ0v) is 9.79. The number of nitrogens with zero attached hydrogens (tertiary/aromatic N) is 1. The van der Waals surface area contributed by atoms with E-state index in [0.29, 0.717) is 12.8 Å². The van der Waals surface area contributed by atoms with Crippen LogP contribution in [0, 0.1) is 23.0 Å². The molecule has 0 spiro atoms. The van der Waals surface area contributed by atoms with Gasteiger partial charge in [-0.15, -0.1) is 0 Å². The Balaban J connectivity index is 2.21. The molecule has 96 valence electrons. The second-order valence-electron chi connectivity index (χ2n) is 4.53. The number of hydrogen-bond acceptors (Lipinski definition) is 3. The highest BCUT2D eigenvalue weighted by molar-refractivity contribution is 5.51. The lowest BCUT2D eigenvalue weighted by molar-refractivity contribution is 0.116. The minimum absolute atomic E-state index is 0.0558. The Hall–Kier alpha value is -1.67. The average molecular weight is 252 g/mol. The number of aliphatic hydroxyl groups excluding tert-OH is 1. The van der Waals surface area contributed by atoms with Crippen LogP contribution in [-0.2, 0) is 0 Å². The minimum Gasteiger partial charge on any atom is -0.391 e. The summed E-state index contributed by atoms with van der Waals surface area (Å²) in [5.41, 5.74) is -0.320. The molecule has 1 saturated carbocycles. The van der Waals surface area contributed by atoms with Crippen LogP contribution in [0.15, 0.2) is 12.1 Å². The molecule has 1 aliphatic rings. The number of rotatable bonds is 2. The molecule has 1 aliphatic carbocycles. The summed E-state index contributed by atoms with van der Waals surface area (Å²) in [5.74, 6) is -1.60. The highest BCUT2D eigenvalue weighted by Gasteiger charge is 2.25. The van der Waals surface area contributed by atoms with Crippen LogP contribution in [0.2, 0.25) is 0 Å². The Morgan fingerprint density at radius 3 is 2.39 bits per heavy atom. The van der Waals surface area contributed by atoms with Gasteiger partial charge < -0.3 is 10.4 Å². The summed E-state index contributed by atoms with van der Waals surface area (Å²) in [6, 6.07) is 3.33. The smallest absolute Gasteiger partial charge is 0.150 e. The largest absolute Gasteiger partial charge is 0.391 e.